The topological polar surface area (TPSA) is 57.8 Å². The van der Waals surface area contributed by atoms with E-state index in [0.29, 0.717) is 4.88 Å². The third kappa shape index (κ3) is 3.22. The van der Waals surface area contributed by atoms with Crippen molar-refractivity contribution in [3.05, 3.63) is 83.3 Å². The van der Waals surface area contributed by atoms with Crippen LogP contribution in [0.1, 0.15) is 9.67 Å². The average Bonchev–Trinajstić information content (AvgIpc) is 3.35. The largest absolute Gasteiger partial charge is 0.345 e. The van der Waals surface area contributed by atoms with E-state index >= 15 is 0 Å². The van der Waals surface area contributed by atoms with Crippen molar-refractivity contribution in [2.75, 3.05) is 5.32 Å². The molecular weight excluding hydrogens is 330 g/mol. The number of nitrogens with one attached hydrogen (secondary N) is 2. The van der Waals surface area contributed by atoms with E-state index in [-0.39, 0.29) is 5.91 Å². The molecular formula is C20H15N3OS. The fraction of sp³-hybridized carbons (Fsp3) is 0. The van der Waals surface area contributed by atoms with Gasteiger partial charge >= 0.3 is 0 Å². The minimum absolute atomic E-state index is 0.0976. The summed E-state index contributed by atoms with van der Waals surface area (Å²) in [6, 6.07) is 19.5. The Kier molecular flexibility index (Phi) is 4.14. The van der Waals surface area contributed by atoms with Gasteiger partial charge in [-0.25, -0.2) is 4.98 Å². The number of aromatic nitrogens is 2. The second-order valence-corrected chi connectivity index (χ2v) is 6.41. The minimum Gasteiger partial charge on any atom is -0.345 e. The Morgan fingerprint density at radius 1 is 0.960 bits per heavy atom. The monoisotopic (exact) mass is 345 g/mol. The number of nitrogens with zero attached hydrogens (tertiary/aromatic N) is 1. The van der Waals surface area contributed by atoms with Gasteiger partial charge in [-0.1, -0.05) is 30.3 Å². The first-order chi connectivity index (χ1) is 12.3. The van der Waals surface area contributed by atoms with Gasteiger partial charge in [-0.05, 0) is 41.3 Å². The van der Waals surface area contributed by atoms with E-state index in [9.17, 15) is 4.79 Å². The predicted molar refractivity (Wildman–Crippen MR) is 102 cm³/mol. The first-order valence-electron chi connectivity index (χ1n) is 7.85. The second kappa shape index (κ2) is 6.75. The smallest absolute Gasteiger partial charge is 0.266 e. The van der Waals surface area contributed by atoms with Gasteiger partial charge in [-0.15, -0.1) is 11.3 Å². The molecule has 25 heavy (non-hydrogen) atoms. The Morgan fingerprint density at radius 3 is 2.48 bits per heavy atom. The molecule has 5 heteroatoms. The Bertz CT molecular complexity index is 973. The molecule has 0 aliphatic carbocycles. The van der Waals surface area contributed by atoms with Crippen molar-refractivity contribution in [1.29, 1.82) is 0 Å². The third-order valence-electron chi connectivity index (χ3n) is 3.87. The van der Waals surface area contributed by atoms with Crippen LogP contribution in [0.5, 0.6) is 0 Å². The van der Waals surface area contributed by atoms with Crippen LogP contribution < -0.4 is 5.32 Å². The van der Waals surface area contributed by atoms with Gasteiger partial charge < -0.3 is 10.3 Å². The molecule has 0 saturated carbocycles. The number of carbonyl (C=O) groups is 1. The molecule has 0 unspecified atom stereocenters. The maximum Gasteiger partial charge on any atom is 0.266 e. The van der Waals surface area contributed by atoms with E-state index in [4.69, 9.17) is 0 Å². The van der Waals surface area contributed by atoms with Crippen molar-refractivity contribution in [1.82, 2.24) is 9.97 Å². The molecule has 0 saturated heterocycles. The summed E-state index contributed by atoms with van der Waals surface area (Å²) >= 11 is 1.45. The van der Waals surface area contributed by atoms with Crippen LogP contribution in [0.2, 0.25) is 0 Å². The number of thiophene rings is 1. The predicted octanol–water partition coefficient (Wildman–Crippen LogP) is 5.06. The number of imidazole rings is 1. The molecule has 2 aromatic carbocycles. The molecule has 0 aliphatic heterocycles. The van der Waals surface area contributed by atoms with E-state index in [1.54, 1.807) is 12.4 Å². The fourth-order valence-corrected chi connectivity index (χ4v) is 3.46. The average molecular weight is 345 g/mol. The molecule has 0 atom stereocenters. The fourth-order valence-electron chi connectivity index (χ4n) is 2.65. The van der Waals surface area contributed by atoms with Crippen LogP contribution in [0.25, 0.3) is 22.5 Å². The summed E-state index contributed by atoms with van der Waals surface area (Å²) in [4.78, 5) is 20.7. The molecule has 2 heterocycles. The van der Waals surface area contributed by atoms with Crippen molar-refractivity contribution in [2.24, 2.45) is 0 Å². The highest BCUT2D eigenvalue weighted by molar-refractivity contribution is 7.12. The molecule has 2 aromatic heterocycles. The summed E-state index contributed by atoms with van der Waals surface area (Å²) < 4.78 is 0. The zero-order valence-corrected chi connectivity index (χ0v) is 14.1. The van der Waals surface area contributed by atoms with Crippen LogP contribution in [0, 0.1) is 0 Å². The minimum atomic E-state index is -0.0976. The first kappa shape index (κ1) is 15.4. The van der Waals surface area contributed by atoms with E-state index in [2.05, 4.69) is 15.3 Å². The molecule has 0 spiro atoms. The number of aromatic amines is 1. The summed E-state index contributed by atoms with van der Waals surface area (Å²) in [5.74, 6) is 0.710. The van der Waals surface area contributed by atoms with Gasteiger partial charge in [0.05, 0.1) is 4.88 Å². The molecule has 2 N–H and O–H groups in total. The highest BCUT2D eigenvalue weighted by Crippen LogP contribution is 2.29. The first-order valence-corrected chi connectivity index (χ1v) is 8.73. The zero-order chi connectivity index (χ0) is 17.1. The zero-order valence-electron chi connectivity index (χ0n) is 13.3. The highest BCUT2D eigenvalue weighted by Gasteiger charge is 2.14. The van der Waals surface area contributed by atoms with E-state index in [1.807, 2.05) is 66.0 Å². The van der Waals surface area contributed by atoms with Crippen molar-refractivity contribution in [3.63, 3.8) is 0 Å². The number of carbonyl (C=O) groups excluding carboxylic acids is 1. The Balaban J connectivity index is 1.54. The van der Waals surface area contributed by atoms with Gasteiger partial charge in [-0.3, -0.25) is 4.79 Å². The Morgan fingerprint density at radius 2 is 1.76 bits per heavy atom. The molecule has 1 amide bonds. The highest BCUT2D eigenvalue weighted by atomic mass is 32.1. The quantitative estimate of drug-likeness (QED) is 0.543. The van der Waals surface area contributed by atoms with Crippen LogP contribution >= 0.6 is 11.3 Å². The number of amides is 1. The number of anilines is 1. The van der Waals surface area contributed by atoms with Crippen LogP contribution in [0.3, 0.4) is 0 Å². The molecule has 0 fully saturated rings. The van der Waals surface area contributed by atoms with Crippen LogP contribution in [-0.2, 0) is 0 Å². The van der Waals surface area contributed by atoms with Crippen molar-refractivity contribution < 1.29 is 4.79 Å². The summed E-state index contributed by atoms with van der Waals surface area (Å²) in [6.45, 7) is 0. The maximum atomic E-state index is 12.7. The van der Waals surface area contributed by atoms with Gasteiger partial charge in [0, 0.05) is 29.2 Å². The van der Waals surface area contributed by atoms with E-state index in [1.165, 1.54) is 11.3 Å². The number of H-pyrrole nitrogens is 1. The summed E-state index contributed by atoms with van der Waals surface area (Å²) in [5, 5.41) is 4.91. The molecule has 4 rings (SSSR count). The number of hydrogen-bond donors (Lipinski definition) is 2. The number of hydrogen-bond acceptors (Lipinski definition) is 3. The maximum absolute atomic E-state index is 12.7. The standard InChI is InChI=1S/C20H15N3OS/c24-20(18-17(10-13-25-18)14-4-2-1-3-5-14)23-16-8-6-15(7-9-16)19-21-11-12-22-19/h1-13H,(H,21,22)(H,23,24). The van der Waals surface area contributed by atoms with Crippen molar-refractivity contribution >= 4 is 22.9 Å². The lowest BCUT2D eigenvalue weighted by Crippen LogP contribution is -2.11. The lowest BCUT2D eigenvalue weighted by atomic mass is 10.1. The van der Waals surface area contributed by atoms with Gasteiger partial charge in [0.15, 0.2) is 0 Å². The third-order valence-corrected chi connectivity index (χ3v) is 4.78. The molecule has 122 valence electrons. The van der Waals surface area contributed by atoms with Crippen molar-refractivity contribution in [3.8, 4) is 22.5 Å². The van der Waals surface area contributed by atoms with Gasteiger partial charge in [0.2, 0.25) is 0 Å². The second-order valence-electron chi connectivity index (χ2n) is 5.50. The molecule has 4 aromatic rings. The summed E-state index contributed by atoms with van der Waals surface area (Å²) in [5.41, 5.74) is 3.73. The molecule has 0 bridgehead atoms. The lowest BCUT2D eigenvalue weighted by molar-refractivity contribution is 0.103. The Labute approximate surface area is 149 Å². The normalized spacial score (nSPS) is 10.6. The lowest BCUT2D eigenvalue weighted by Gasteiger charge is -2.07. The van der Waals surface area contributed by atoms with Gasteiger partial charge in [-0.2, -0.15) is 0 Å². The molecule has 0 aliphatic rings. The van der Waals surface area contributed by atoms with Gasteiger partial charge in [0.1, 0.15) is 5.82 Å². The molecule has 4 nitrogen and oxygen atoms in total. The Hall–Kier alpha value is -3.18. The van der Waals surface area contributed by atoms with E-state index < -0.39 is 0 Å². The van der Waals surface area contributed by atoms with E-state index in [0.717, 1.165) is 28.2 Å². The van der Waals surface area contributed by atoms with Crippen molar-refractivity contribution in [2.45, 2.75) is 0 Å². The van der Waals surface area contributed by atoms with Crippen LogP contribution in [0.15, 0.2) is 78.4 Å². The van der Waals surface area contributed by atoms with Crippen LogP contribution in [-0.4, -0.2) is 15.9 Å². The summed E-state index contributed by atoms with van der Waals surface area (Å²) in [7, 11) is 0. The SMILES string of the molecule is O=C(Nc1ccc(-c2ncc[nH]2)cc1)c1sccc1-c1ccccc1. The van der Waals surface area contributed by atoms with Crippen LogP contribution in [0.4, 0.5) is 5.69 Å². The van der Waals surface area contributed by atoms with Gasteiger partial charge in [0.25, 0.3) is 5.91 Å². The summed E-state index contributed by atoms with van der Waals surface area (Å²) in [6.07, 6.45) is 3.50. The number of benzene rings is 2. The number of rotatable bonds is 4. The molecule has 0 radical (unpaired) electrons.